The van der Waals surface area contributed by atoms with E-state index in [9.17, 15) is 13.6 Å². The average Bonchev–Trinajstić information content (AvgIpc) is 3.50. The number of nitrogens with one attached hydrogen (secondary N) is 1. The molecule has 6 nitrogen and oxygen atoms in total. The first-order valence-corrected chi connectivity index (χ1v) is 12.5. The van der Waals surface area contributed by atoms with Crippen molar-refractivity contribution < 1.29 is 13.6 Å². The molecule has 2 aromatic heterocycles. The number of aromatic nitrogens is 3. The SMILES string of the molecule is CCc1nn(-c2ccccc2)c2c1CN(C(=O)Nc1cccc(F)c1)[C@@H](c1cccc(F)c1)c1cccn1-2. The second kappa shape index (κ2) is 9.63. The second-order valence-electron chi connectivity index (χ2n) is 9.18. The first kappa shape index (κ1) is 23.7. The van der Waals surface area contributed by atoms with Crippen molar-refractivity contribution in [3.63, 3.8) is 0 Å². The highest BCUT2D eigenvalue weighted by atomic mass is 19.1. The van der Waals surface area contributed by atoms with E-state index in [1.54, 1.807) is 23.1 Å². The molecule has 5 aromatic rings. The molecule has 0 unspecified atom stereocenters. The first-order chi connectivity index (χ1) is 18.5. The summed E-state index contributed by atoms with van der Waals surface area (Å²) in [5, 5.41) is 7.77. The van der Waals surface area contributed by atoms with Crippen LogP contribution in [0, 0.1) is 11.6 Å². The zero-order valence-electron chi connectivity index (χ0n) is 20.7. The normalized spacial score (nSPS) is 14.5. The zero-order chi connectivity index (χ0) is 26.2. The van der Waals surface area contributed by atoms with Gasteiger partial charge in [-0.25, -0.2) is 18.3 Å². The number of hydrogen-bond acceptors (Lipinski definition) is 2. The summed E-state index contributed by atoms with van der Waals surface area (Å²) >= 11 is 0. The van der Waals surface area contributed by atoms with Crippen LogP contribution in [0.2, 0.25) is 0 Å². The molecule has 1 atom stereocenters. The van der Waals surface area contributed by atoms with Crippen LogP contribution in [0.15, 0.2) is 97.2 Å². The van der Waals surface area contributed by atoms with E-state index in [-0.39, 0.29) is 6.54 Å². The third kappa shape index (κ3) is 4.14. The van der Waals surface area contributed by atoms with Crippen LogP contribution in [0.1, 0.15) is 35.5 Å². The number of amides is 2. The van der Waals surface area contributed by atoms with Crippen molar-refractivity contribution in [1.82, 2.24) is 19.2 Å². The topological polar surface area (TPSA) is 55.1 Å². The number of halogens is 2. The monoisotopic (exact) mass is 509 g/mol. The van der Waals surface area contributed by atoms with Gasteiger partial charge >= 0.3 is 6.03 Å². The van der Waals surface area contributed by atoms with E-state index in [4.69, 9.17) is 5.10 Å². The van der Waals surface area contributed by atoms with Crippen molar-refractivity contribution in [2.45, 2.75) is 25.9 Å². The Morgan fingerprint density at radius 1 is 0.947 bits per heavy atom. The lowest BCUT2D eigenvalue weighted by Gasteiger charge is -2.31. The highest BCUT2D eigenvalue weighted by Crippen LogP contribution is 2.39. The van der Waals surface area contributed by atoms with Gasteiger partial charge in [-0.1, -0.05) is 43.3 Å². The lowest BCUT2D eigenvalue weighted by molar-refractivity contribution is 0.194. The van der Waals surface area contributed by atoms with Crippen molar-refractivity contribution in [3.05, 3.63) is 131 Å². The van der Waals surface area contributed by atoms with Gasteiger partial charge in [0.15, 0.2) is 0 Å². The number of fused-ring (bicyclic) bond motifs is 3. The van der Waals surface area contributed by atoms with E-state index in [2.05, 4.69) is 5.32 Å². The first-order valence-electron chi connectivity index (χ1n) is 12.5. The molecule has 0 saturated heterocycles. The molecule has 1 aliphatic heterocycles. The lowest BCUT2D eigenvalue weighted by atomic mass is 10.0. The molecule has 8 heteroatoms. The number of carbonyl (C=O) groups excluding carboxylic acids is 1. The van der Waals surface area contributed by atoms with Gasteiger partial charge < -0.3 is 14.8 Å². The zero-order valence-corrected chi connectivity index (χ0v) is 20.7. The smallest absolute Gasteiger partial charge is 0.308 e. The maximum absolute atomic E-state index is 14.5. The predicted molar refractivity (Wildman–Crippen MR) is 141 cm³/mol. The summed E-state index contributed by atoms with van der Waals surface area (Å²) in [5.74, 6) is -0.0120. The van der Waals surface area contributed by atoms with Gasteiger partial charge in [0.25, 0.3) is 0 Å². The lowest BCUT2D eigenvalue weighted by Crippen LogP contribution is -2.38. The van der Waals surface area contributed by atoms with Crippen molar-refractivity contribution in [3.8, 4) is 11.5 Å². The summed E-state index contributed by atoms with van der Waals surface area (Å²) in [6, 6.07) is 24.7. The molecule has 0 saturated carbocycles. The molecule has 0 radical (unpaired) electrons. The predicted octanol–water partition coefficient (Wildman–Crippen LogP) is 6.64. The van der Waals surface area contributed by atoms with Gasteiger partial charge in [0, 0.05) is 17.4 Å². The number of para-hydroxylation sites is 1. The van der Waals surface area contributed by atoms with Crippen LogP contribution in [0.25, 0.3) is 11.5 Å². The Morgan fingerprint density at radius 3 is 2.45 bits per heavy atom. The number of hydrogen-bond donors (Lipinski definition) is 1. The molecular weight excluding hydrogens is 484 g/mol. The van der Waals surface area contributed by atoms with Gasteiger partial charge in [0.05, 0.1) is 29.7 Å². The molecule has 1 aliphatic rings. The summed E-state index contributed by atoms with van der Waals surface area (Å²) < 4.78 is 32.3. The number of benzene rings is 3. The van der Waals surface area contributed by atoms with Crippen LogP contribution < -0.4 is 5.32 Å². The van der Waals surface area contributed by atoms with E-state index in [0.717, 1.165) is 28.5 Å². The average molecular weight is 510 g/mol. The minimum absolute atomic E-state index is 0.218. The van der Waals surface area contributed by atoms with Crippen molar-refractivity contribution >= 4 is 11.7 Å². The van der Waals surface area contributed by atoms with E-state index in [1.807, 2.05) is 70.9 Å². The number of rotatable bonds is 4. The summed E-state index contributed by atoms with van der Waals surface area (Å²) in [7, 11) is 0. The van der Waals surface area contributed by atoms with Gasteiger partial charge in [0.1, 0.15) is 17.5 Å². The van der Waals surface area contributed by atoms with Gasteiger partial charge in [-0.2, -0.15) is 5.10 Å². The van der Waals surface area contributed by atoms with Gasteiger partial charge in [-0.05, 0) is 66.6 Å². The van der Waals surface area contributed by atoms with E-state index < -0.39 is 23.7 Å². The Kier molecular flexibility index (Phi) is 5.99. The summed E-state index contributed by atoms with van der Waals surface area (Å²) in [6.07, 6.45) is 2.59. The maximum Gasteiger partial charge on any atom is 0.322 e. The number of anilines is 1. The summed E-state index contributed by atoms with van der Waals surface area (Å²) in [6.45, 7) is 2.25. The maximum atomic E-state index is 14.5. The molecule has 0 fully saturated rings. The Bertz CT molecular complexity index is 1620. The van der Waals surface area contributed by atoms with Gasteiger partial charge in [-0.3, -0.25) is 0 Å². The quantitative estimate of drug-likeness (QED) is 0.295. The Hall–Kier alpha value is -4.72. The van der Waals surface area contributed by atoms with Crippen LogP contribution in [-0.4, -0.2) is 25.3 Å². The number of nitrogens with zero attached hydrogens (tertiary/aromatic N) is 4. The number of carbonyl (C=O) groups is 1. The van der Waals surface area contributed by atoms with E-state index in [1.165, 1.54) is 24.3 Å². The number of aryl methyl sites for hydroxylation is 1. The Balaban J connectivity index is 1.56. The third-order valence-corrected chi connectivity index (χ3v) is 6.81. The molecule has 3 aromatic carbocycles. The van der Waals surface area contributed by atoms with E-state index >= 15 is 0 Å². The fraction of sp³-hybridized carbons (Fsp3) is 0.133. The van der Waals surface area contributed by atoms with Crippen molar-refractivity contribution in [2.75, 3.05) is 5.32 Å². The van der Waals surface area contributed by atoms with Gasteiger partial charge in [-0.15, -0.1) is 0 Å². The largest absolute Gasteiger partial charge is 0.322 e. The molecule has 6 rings (SSSR count). The van der Waals surface area contributed by atoms with Crippen LogP contribution in [-0.2, 0) is 13.0 Å². The highest BCUT2D eigenvalue weighted by molar-refractivity contribution is 5.90. The fourth-order valence-corrected chi connectivity index (χ4v) is 5.14. The van der Waals surface area contributed by atoms with Crippen molar-refractivity contribution in [1.29, 1.82) is 0 Å². The minimum Gasteiger partial charge on any atom is -0.308 e. The molecule has 0 spiro atoms. The molecule has 3 heterocycles. The summed E-state index contributed by atoms with van der Waals surface area (Å²) in [5.41, 5.74) is 4.38. The van der Waals surface area contributed by atoms with Crippen LogP contribution in [0.5, 0.6) is 0 Å². The molecule has 190 valence electrons. The molecule has 0 aliphatic carbocycles. The number of urea groups is 1. The van der Waals surface area contributed by atoms with Crippen LogP contribution in [0.4, 0.5) is 19.3 Å². The van der Waals surface area contributed by atoms with E-state index in [0.29, 0.717) is 17.7 Å². The van der Waals surface area contributed by atoms with Gasteiger partial charge in [0.2, 0.25) is 0 Å². The van der Waals surface area contributed by atoms with Crippen molar-refractivity contribution in [2.24, 2.45) is 0 Å². The molecule has 2 amide bonds. The van der Waals surface area contributed by atoms with Crippen LogP contribution >= 0.6 is 0 Å². The molecular formula is C30H25F2N5O. The van der Waals surface area contributed by atoms with Crippen LogP contribution in [0.3, 0.4) is 0 Å². The minimum atomic E-state index is -0.615. The Labute approximate surface area is 218 Å². The molecule has 38 heavy (non-hydrogen) atoms. The second-order valence-corrected chi connectivity index (χ2v) is 9.18. The third-order valence-electron chi connectivity index (χ3n) is 6.81. The Morgan fingerprint density at radius 2 is 1.71 bits per heavy atom. The molecule has 1 N–H and O–H groups in total. The highest BCUT2D eigenvalue weighted by Gasteiger charge is 2.36. The standard InChI is InChI=1S/C30H25F2N5O/c1-2-26-25-19-36(30(38)33-23-12-7-11-22(32)18-23)28(20-9-6-10-21(31)17-20)27-15-8-16-35(27)29(25)37(34-26)24-13-4-3-5-14-24/h3-18,28H,2,19H2,1H3,(H,33,38)/t28-/m0/s1. The fourth-order valence-electron chi connectivity index (χ4n) is 5.14. The summed E-state index contributed by atoms with van der Waals surface area (Å²) in [4.78, 5) is 15.5. The molecule has 0 bridgehead atoms.